The van der Waals surface area contributed by atoms with Gasteiger partial charge in [-0.15, -0.1) is 0 Å². The number of hydrogen-bond acceptors (Lipinski definition) is 2. The predicted octanol–water partition coefficient (Wildman–Crippen LogP) is 4.14. The molecule has 144 valence electrons. The Morgan fingerprint density at radius 1 is 1.08 bits per heavy atom. The molecule has 4 nitrogen and oxygen atoms in total. The molecule has 1 aliphatic rings. The van der Waals surface area contributed by atoms with E-state index in [-0.39, 0.29) is 29.2 Å². The average molecular weight is 359 g/mol. The van der Waals surface area contributed by atoms with Gasteiger partial charge in [0.1, 0.15) is 0 Å². The van der Waals surface area contributed by atoms with Crippen LogP contribution >= 0.6 is 0 Å². The molecule has 2 rings (SSSR count). The second-order valence-electron chi connectivity index (χ2n) is 8.41. The molecule has 26 heavy (non-hydrogen) atoms. The van der Waals surface area contributed by atoms with Crippen LogP contribution in [-0.2, 0) is 10.2 Å². The first kappa shape index (κ1) is 20.5. The van der Waals surface area contributed by atoms with E-state index in [0.717, 1.165) is 38.8 Å². The second kappa shape index (κ2) is 8.70. The molecule has 0 saturated carbocycles. The lowest BCUT2D eigenvalue weighted by Crippen LogP contribution is -2.48. The zero-order valence-electron chi connectivity index (χ0n) is 17.0. The monoisotopic (exact) mass is 358 g/mol. The number of likely N-dealkylation sites (tertiary alicyclic amines) is 1. The summed E-state index contributed by atoms with van der Waals surface area (Å²) in [6.07, 6.45) is 3.46. The number of benzene rings is 1. The SMILES string of the molecule is CCC(CC)C(=O)N1CCC(NC(=O)c2ccc(C(C)(C)C)cc2)CC1. The summed E-state index contributed by atoms with van der Waals surface area (Å²) in [5.74, 6) is 0.398. The summed E-state index contributed by atoms with van der Waals surface area (Å²) < 4.78 is 0. The van der Waals surface area contributed by atoms with Crippen molar-refractivity contribution in [2.45, 2.75) is 71.8 Å². The van der Waals surface area contributed by atoms with Crippen molar-refractivity contribution in [1.82, 2.24) is 10.2 Å². The van der Waals surface area contributed by atoms with Gasteiger partial charge in [0.25, 0.3) is 5.91 Å². The maximum Gasteiger partial charge on any atom is 0.251 e. The van der Waals surface area contributed by atoms with Crippen LogP contribution in [0, 0.1) is 5.92 Å². The van der Waals surface area contributed by atoms with Crippen molar-refractivity contribution in [3.05, 3.63) is 35.4 Å². The van der Waals surface area contributed by atoms with Gasteiger partial charge in [0, 0.05) is 30.6 Å². The molecule has 0 bridgehead atoms. The highest BCUT2D eigenvalue weighted by molar-refractivity contribution is 5.94. The third kappa shape index (κ3) is 5.09. The Hall–Kier alpha value is -1.84. The standard InChI is InChI=1S/C22H34N2O2/c1-6-16(7-2)21(26)24-14-12-19(13-15-24)23-20(25)17-8-10-18(11-9-17)22(3,4)5/h8-11,16,19H,6-7,12-15H2,1-5H3,(H,23,25). The summed E-state index contributed by atoms with van der Waals surface area (Å²) in [6, 6.07) is 8.02. The number of rotatable bonds is 5. The zero-order valence-corrected chi connectivity index (χ0v) is 17.0. The number of hydrogen-bond donors (Lipinski definition) is 1. The van der Waals surface area contributed by atoms with Crippen LogP contribution in [0.5, 0.6) is 0 Å². The van der Waals surface area contributed by atoms with Gasteiger partial charge in [0.05, 0.1) is 0 Å². The zero-order chi connectivity index (χ0) is 19.3. The van der Waals surface area contributed by atoms with Gasteiger partial charge in [-0.05, 0) is 48.8 Å². The van der Waals surface area contributed by atoms with Gasteiger partial charge in [-0.2, -0.15) is 0 Å². The molecule has 1 heterocycles. The summed E-state index contributed by atoms with van der Waals surface area (Å²) in [4.78, 5) is 26.9. The molecule has 1 saturated heterocycles. The maximum atomic E-state index is 12.5. The van der Waals surface area contributed by atoms with Crippen LogP contribution < -0.4 is 5.32 Å². The van der Waals surface area contributed by atoms with Crippen LogP contribution in [0.4, 0.5) is 0 Å². The average Bonchev–Trinajstić information content (AvgIpc) is 2.62. The van der Waals surface area contributed by atoms with Crippen LogP contribution in [0.25, 0.3) is 0 Å². The highest BCUT2D eigenvalue weighted by Crippen LogP contribution is 2.22. The van der Waals surface area contributed by atoms with Crippen molar-refractivity contribution in [3.8, 4) is 0 Å². The third-order valence-electron chi connectivity index (χ3n) is 5.49. The number of nitrogens with one attached hydrogen (secondary N) is 1. The van der Waals surface area contributed by atoms with Crippen LogP contribution in [0.2, 0.25) is 0 Å². The Balaban J connectivity index is 1.87. The summed E-state index contributed by atoms with van der Waals surface area (Å²) in [5, 5.41) is 3.13. The molecule has 4 heteroatoms. The first-order valence-corrected chi connectivity index (χ1v) is 9.96. The number of piperidine rings is 1. The normalized spacial score (nSPS) is 16.0. The van der Waals surface area contributed by atoms with Crippen molar-refractivity contribution in [1.29, 1.82) is 0 Å². The first-order chi connectivity index (χ1) is 12.3. The van der Waals surface area contributed by atoms with E-state index in [2.05, 4.69) is 39.9 Å². The smallest absolute Gasteiger partial charge is 0.251 e. The highest BCUT2D eigenvalue weighted by Gasteiger charge is 2.27. The van der Waals surface area contributed by atoms with Gasteiger partial charge < -0.3 is 10.2 Å². The Kier molecular flexibility index (Phi) is 6.85. The maximum absolute atomic E-state index is 12.5. The predicted molar refractivity (Wildman–Crippen MR) is 106 cm³/mol. The topological polar surface area (TPSA) is 49.4 Å². The number of carbonyl (C=O) groups excluding carboxylic acids is 2. The van der Waals surface area contributed by atoms with E-state index in [4.69, 9.17) is 0 Å². The van der Waals surface area contributed by atoms with Crippen molar-refractivity contribution in [3.63, 3.8) is 0 Å². The quantitative estimate of drug-likeness (QED) is 0.860. The molecule has 1 aliphatic heterocycles. The summed E-state index contributed by atoms with van der Waals surface area (Å²) in [7, 11) is 0. The van der Waals surface area contributed by atoms with Crippen molar-refractivity contribution >= 4 is 11.8 Å². The Morgan fingerprint density at radius 3 is 2.08 bits per heavy atom. The third-order valence-corrected chi connectivity index (χ3v) is 5.49. The largest absolute Gasteiger partial charge is 0.349 e. The van der Waals surface area contributed by atoms with Crippen LogP contribution in [0.1, 0.15) is 76.2 Å². The molecule has 1 fully saturated rings. The molecule has 0 unspecified atom stereocenters. The highest BCUT2D eigenvalue weighted by atomic mass is 16.2. The van der Waals surface area contributed by atoms with E-state index in [1.807, 2.05) is 29.2 Å². The van der Waals surface area contributed by atoms with Crippen LogP contribution in [0.15, 0.2) is 24.3 Å². The van der Waals surface area contributed by atoms with E-state index in [1.165, 1.54) is 5.56 Å². The molecule has 1 N–H and O–H groups in total. The van der Waals surface area contributed by atoms with Gasteiger partial charge in [-0.1, -0.05) is 46.8 Å². The Bertz CT molecular complexity index is 604. The Labute approximate surface area is 158 Å². The number of amides is 2. The Morgan fingerprint density at radius 2 is 1.62 bits per heavy atom. The van der Waals surface area contributed by atoms with Crippen molar-refractivity contribution in [2.24, 2.45) is 5.92 Å². The fraction of sp³-hybridized carbons (Fsp3) is 0.636. The molecule has 0 atom stereocenters. The van der Waals surface area contributed by atoms with E-state index in [0.29, 0.717) is 5.56 Å². The molecule has 0 aromatic heterocycles. The summed E-state index contributed by atoms with van der Waals surface area (Å²) >= 11 is 0. The lowest BCUT2D eigenvalue weighted by atomic mass is 9.86. The van der Waals surface area contributed by atoms with Crippen molar-refractivity contribution < 1.29 is 9.59 Å². The van der Waals surface area contributed by atoms with E-state index >= 15 is 0 Å². The van der Waals surface area contributed by atoms with Gasteiger partial charge in [0.2, 0.25) is 5.91 Å². The lowest BCUT2D eigenvalue weighted by molar-refractivity contribution is -0.136. The fourth-order valence-electron chi connectivity index (χ4n) is 3.53. The van der Waals surface area contributed by atoms with Crippen LogP contribution in [-0.4, -0.2) is 35.8 Å². The van der Waals surface area contributed by atoms with Crippen LogP contribution in [0.3, 0.4) is 0 Å². The first-order valence-electron chi connectivity index (χ1n) is 9.96. The van der Waals surface area contributed by atoms with Gasteiger partial charge in [-0.3, -0.25) is 9.59 Å². The molecular weight excluding hydrogens is 324 g/mol. The molecule has 0 radical (unpaired) electrons. The number of nitrogens with zero attached hydrogens (tertiary/aromatic N) is 1. The summed E-state index contributed by atoms with van der Waals surface area (Å²) in [6.45, 7) is 12.1. The van der Waals surface area contributed by atoms with Gasteiger partial charge >= 0.3 is 0 Å². The minimum Gasteiger partial charge on any atom is -0.349 e. The molecule has 0 aliphatic carbocycles. The fourth-order valence-corrected chi connectivity index (χ4v) is 3.53. The van der Waals surface area contributed by atoms with E-state index in [9.17, 15) is 9.59 Å². The molecule has 0 spiro atoms. The lowest BCUT2D eigenvalue weighted by Gasteiger charge is -2.34. The van der Waals surface area contributed by atoms with Crippen molar-refractivity contribution in [2.75, 3.05) is 13.1 Å². The molecular formula is C22H34N2O2. The van der Waals surface area contributed by atoms with Gasteiger partial charge in [-0.25, -0.2) is 0 Å². The molecule has 1 aromatic rings. The number of carbonyl (C=O) groups is 2. The second-order valence-corrected chi connectivity index (χ2v) is 8.41. The van der Waals surface area contributed by atoms with E-state index < -0.39 is 0 Å². The summed E-state index contributed by atoms with van der Waals surface area (Å²) in [5.41, 5.74) is 2.01. The van der Waals surface area contributed by atoms with E-state index in [1.54, 1.807) is 0 Å². The van der Waals surface area contributed by atoms with Gasteiger partial charge in [0.15, 0.2) is 0 Å². The minimum absolute atomic E-state index is 0.0183. The minimum atomic E-state index is -0.0183. The molecule has 1 aromatic carbocycles. The molecule has 2 amide bonds.